The standard InChI is InChI=1S/C17H32N4O4S/c18-15-17(4-2-1-3-5-17)14-16(22)19-6-8-20(9-7-19)26(23,24)21-10-12-25-13-11-21/h1-15,18H2. The Hall–Kier alpha value is -0.740. The molecule has 3 aliphatic rings. The molecule has 0 unspecified atom stereocenters. The summed E-state index contributed by atoms with van der Waals surface area (Å²) < 4.78 is 33.6. The van der Waals surface area contributed by atoms with E-state index in [2.05, 4.69) is 0 Å². The van der Waals surface area contributed by atoms with Crippen LogP contribution in [0.3, 0.4) is 0 Å². The van der Waals surface area contributed by atoms with Crippen LogP contribution in [-0.4, -0.2) is 86.9 Å². The molecule has 0 bridgehead atoms. The third kappa shape index (κ3) is 4.39. The second-order valence-corrected chi connectivity index (χ2v) is 9.67. The van der Waals surface area contributed by atoms with Crippen molar-refractivity contribution in [2.24, 2.45) is 11.1 Å². The van der Waals surface area contributed by atoms with Gasteiger partial charge in [0.25, 0.3) is 10.2 Å². The minimum absolute atomic E-state index is 0.0493. The lowest BCUT2D eigenvalue weighted by molar-refractivity contribution is -0.135. The summed E-state index contributed by atoms with van der Waals surface area (Å²) in [6.45, 7) is 3.90. The number of ether oxygens (including phenoxy) is 1. The Morgan fingerprint density at radius 1 is 0.923 bits per heavy atom. The number of hydrogen-bond donors (Lipinski definition) is 1. The normalized spacial score (nSPS) is 26.0. The van der Waals surface area contributed by atoms with Crippen molar-refractivity contribution in [3.63, 3.8) is 0 Å². The van der Waals surface area contributed by atoms with Crippen molar-refractivity contribution in [3.05, 3.63) is 0 Å². The Morgan fingerprint density at radius 3 is 2.08 bits per heavy atom. The van der Waals surface area contributed by atoms with Crippen LogP contribution in [0.25, 0.3) is 0 Å². The van der Waals surface area contributed by atoms with Crippen LogP contribution in [0.4, 0.5) is 0 Å². The molecule has 0 spiro atoms. The molecule has 3 fully saturated rings. The molecule has 0 aromatic heterocycles. The van der Waals surface area contributed by atoms with Gasteiger partial charge in [-0.3, -0.25) is 4.79 Å². The van der Waals surface area contributed by atoms with E-state index in [0.717, 1.165) is 25.7 Å². The molecule has 2 N–H and O–H groups in total. The van der Waals surface area contributed by atoms with Crippen molar-refractivity contribution < 1.29 is 17.9 Å². The number of amides is 1. The summed E-state index contributed by atoms with van der Waals surface area (Å²) in [5.74, 6) is 0.126. The maximum absolute atomic E-state index is 12.8. The molecular weight excluding hydrogens is 356 g/mol. The SMILES string of the molecule is NCC1(CC(=O)N2CCN(S(=O)(=O)N3CCOCC3)CC2)CCCCC1. The molecule has 0 atom stereocenters. The third-order valence-corrected chi connectivity index (χ3v) is 8.12. The zero-order chi connectivity index (χ0) is 18.6. The van der Waals surface area contributed by atoms with E-state index in [0.29, 0.717) is 65.4 Å². The summed E-state index contributed by atoms with van der Waals surface area (Å²) in [6, 6.07) is 0. The number of carbonyl (C=O) groups excluding carboxylic acids is 1. The minimum atomic E-state index is -3.45. The van der Waals surface area contributed by atoms with Crippen LogP contribution in [0.2, 0.25) is 0 Å². The molecule has 0 aromatic carbocycles. The Kier molecular flexibility index (Phi) is 6.55. The first-order chi connectivity index (χ1) is 12.5. The van der Waals surface area contributed by atoms with Gasteiger partial charge in [-0.1, -0.05) is 19.3 Å². The molecule has 26 heavy (non-hydrogen) atoms. The van der Waals surface area contributed by atoms with Gasteiger partial charge in [0.05, 0.1) is 13.2 Å². The van der Waals surface area contributed by atoms with Crippen molar-refractivity contribution >= 4 is 16.1 Å². The first kappa shape index (κ1) is 20.0. The monoisotopic (exact) mass is 388 g/mol. The van der Waals surface area contributed by atoms with Gasteiger partial charge in [-0.25, -0.2) is 0 Å². The smallest absolute Gasteiger partial charge is 0.282 e. The summed E-state index contributed by atoms with van der Waals surface area (Å²) >= 11 is 0. The highest BCUT2D eigenvalue weighted by molar-refractivity contribution is 7.86. The van der Waals surface area contributed by atoms with Gasteiger partial charge in [0, 0.05) is 45.7 Å². The Balaban J connectivity index is 1.53. The van der Waals surface area contributed by atoms with E-state index in [-0.39, 0.29) is 11.3 Å². The number of hydrogen-bond acceptors (Lipinski definition) is 5. The lowest BCUT2D eigenvalue weighted by Crippen LogP contribution is -2.56. The second-order valence-electron chi connectivity index (χ2n) is 7.74. The Bertz CT molecular complexity index is 578. The van der Waals surface area contributed by atoms with Crippen LogP contribution < -0.4 is 5.73 Å². The van der Waals surface area contributed by atoms with Crippen molar-refractivity contribution in [3.8, 4) is 0 Å². The summed E-state index contributed by atoms with van der Waals surface area (Å²) in [6.07, 6.45) is 6.08. The van der Waals surface area contributed by atoms with Crippen LogP contribution in [0, 0.1) is 5.41 Å². The van der Waals surface area contributed by atoms with Gasteiger partial charge in [0.1, 0.15) is 0 Å². The predicted molar refractivity (Wildman–Crippen MR) is 98.7 cm³/mol. The number of piperazine rings is 1. The van der Waals surface area contributed by atoms with Crippen LogP contribution in [0.15, 0.2) is 0 Å². The molecule has 9 heteroatoms. The van der Waals surface area contributed by atoms with E-state index < -0.39 is 10.2 Å². The van der Waals surface area contributed by atoms with E-state index in [1.807, 2.05) is 4.90 Å². The molecule has 1 aliphatic carbocycles. The largest absolute Gasteiger partial charge is 0.379 e. The van der Waals surface area contributed by atoms with Crippen LogP contribution in [0.1, 0.15) is 38.5 Å². The third-order valence-electron chi connectivity index (χ3n) is 6.09. The summed E-state index contributed by atoms with van der Waals surface area (Å²) in [5, 5.41) is 0. The van der Waals surface area contributed by atoms with Gasteiger partial charge >= 0.3 is 0 Å². The van der Waals surface area contributed by atoms with Crippen molar-refractivity contribution in [1.29, 1.82) is 0 Å². The summed E-state index contributed by atoms with van der Waals surface area (Å²) in [4.78, 5) is 14.6. The van der Waals surface area contributed by atoms with Gasteiger partial charge < -0.3 is 15.4 Å². The highest BCUT2D eigenvalue weighted by Crippen LogP contribution is 2.38. The molecule has 1 saturated carbocycles. The van der Waals surface area contributed by atoms with Crippen molar-refractivity contribution in [2.75, 3.05) is 59.0 Å². The fraction of sp³-hybridized carbons (Fsp3) is 0.941. The molecule has 2 aliphatic heterocycles. The number of nitrogens with two attached hydrogens (primary N) is 1. The van der Waals surface area contributed by atoms with Gasteiger partial charge in [0.2, 0.25) is 5.91 Å². The Morgan fingerprint density at radius 2 is 1.50 bits per heavy atom. The summed E-state index contributed by atoms with van der Waals surface area (Å²) in [5.41, 5.74) is 5.95. The average molecular weight is 389 g/mol. The zero-order valence-electron chi connectivity index (χ0n) is 15.6. The number of carbonyl (C=O) groups is 1. The molecular formula is C17H32N4O4S. The van der Waals surface area contributed by atoms with Gasteiger partial charge in [-0.05, 0) is 24.8 Å². The van der Waals surface area contributed by atoms with E-state index in [9.17, 15) is 13.2 Å². The molecule has 3 rings (SSSR count). The van der Waals surface area contributed by atoms with E-state index >= 15 is 0 Å². The first-order valence-corrected chi connectivity index (χ1v) is 11.2. The van der Waals surface area contributed by atoms with E-state index in [1.54, 1.807) is 0 Å². The lowest BCUT2D eigenvalue weighted by atomic mass is 9.71. The van der Waals surface area contributed by atoms with Crippen molar-refractivity contribution in [1.82, 2.24) is 13.5 Å². The number of morpholine rings is 1. The van der Waals surface area contributed by atoms with Gasteiger partial charge in [-0.15, -0.1) is 0 Å². The second kappa shape index (κ2) is 8.52. The molecule has 2 heterocycles. The topological polar surface area (TPSA) is 96.2 Å². The molecule has 1 amide bonds. The lowest BCUT2D eigenvalue weighted by Gasteiger charge is -2.40. The molecule has 0 radical (unpaired) electrons. The van der Waals surface area contributed by atoms with Crippen LogP contribution in [-0.2, 0) is 19.7 Å². The minimum Gasteiger partial charge on any atom is -0.379 e. The number of nitrogens with zero attached hydrogens (tertiary/aromatic N) is 3. The van der Waals surface area contributed by atoms with Crippen LogP contribution >= 0.6 is 0 Å². The Labute approximate surface area is 156 Å². The molecule has 2 saturated heterocycles. The zero-order valence-corrected chi connectivity index (χ0v) is 16.4. The molecule has 8 nitrogen and oxygen atoms in total. The van der Waals surface area contributed by atoms with Crippen molar-refractivity contribution in [2.45, 2.75) is 38.5 Å². The van der Waals surface area contributed by atoms with Crippen LogP contribution in [0.5, 0.6) is 0 Å². The van der Waals surface area contributed by atoms with E-state index in [4.69, 9.17) is 10.5 Å². The van der Waals surface area contributed by atoms with Gasteiger partial charge in [0.15, 0.2) is 0 Å². The number of rotatable bonds is 5. The fourth-order valence-electron chi connectivity index (χ4n) is 4.30. The predicted octanol–water partition coefficient (Wildman–Crippen LogP) is 0.00690. The highest BCUT2D eigenvalue weighted by Gasteiger charge is 2.37. The average Bonchev–Trinajstić information content (AvgIpc) is 2.69. The maximum atomic E-state index is 12.8. The maximum Gasteiger partial charge on any atom is 0.282 e. The van der Waals surface area contributed by atoms with Gasteiger partial charge in [-0.2, -0.15) is 17.0 Å². The fourth-order valence-corrected chi connectivity index (χ4v) is 5.86. The van der Waals surface area contributed by atoms with E-state index in [1.165, 1.54) is 15.0 Å². The molecule has 150 valence electrons. The molecule has 0 aromatic rings. The summed E-state index contributed by atoms with van der Waals surface area (Å²) in [7, 11) is -3.45. The highest BCUT2D eigenvalue weighted by atomic mass is 32.2. The quantitative estimate of drug-likeness (QED) is 0.716. The first-order valence-electron chi connectivity index (χ1n) is 9.78.